The maximum Gasteiger partial charge on any atom is 0.198 e. The highest BCUT2D eigenvalue weighted by atomic mass is 32.1. The van der Waals surface area contributed by atoms with Crippen LogP contribution < -0.4 is 0 Å². The van der Waals surface area contributed by atoms with Gasteiger partial charge in [0.15, 0.2) is 11.6 Å². The summed E-state index contributed by atoms with van der Waals surface area (Å²) >= 11 is 1.58. The Morgan fingerprint density at radius 2 is 0.947 bits per heavy atom. The van der Waals surface area contributed by atoms with Crippen LogP contribution in [0.4, 0.5) is 0 Å². The topological polar surface area (TPSA) is 39.1 Å². The van der Waals surface area contributed by atoms with Crippen LogP contribution in [0.25, 0.3) is 54.4 Å². The van der Waals surface area contributed by atoms with E-state index >= 15 is 0 Å². The van der Waals surface area contributed by atoms with Gasteiger partial charge in [-0.3, -0.25) is 9.59 Å². The Kier molecular flexibility index (Phi) is 4.40. The first kappa shape index (κ1) is 21.3. The summed E-state index contributed by atoms with van der Waals surface area (Å²) in [6, 6.07) is 36.6. The molecule has 0 unspecified atom stereocenters. The van der Waals surface area contributed by atoms with Crippen molar-refractivity contribution in [3.63, 3.8) is 0 Å². The average Bonchev–Trinajstić information content (AvgIpc) is 3.63. The van der Waals surface area contributed by atoms with E-state index in [1.807, 2.05) is 54.6 Å². The van der Waals surface area contributed by atoms with Crippen LogP contribution in [0.3, 0.4) is 0 Å². The number of rotatable bonds is 2. The molecule has 1 aliphatic carbocycles. The van der Waals surface area contributed by atoms with Crippen molar-refractivity contribution in [3.8, 4) is 5.00 Å². The van der Waals surface area contributed by atoms with Gasteiger partial charge in [-0.05, 0) is 51.9 Å². The van der Waals surface area contributed by atoms with Crippen LogP contribution in [0.15, 0.2) is 115 Å². The van der Waals surface area contributed by atoms with E-state index in [4.69, 9.17) is 0 Å². The number of benzene rings is 5. The summed E-state index contributed by atoms with van der Waals surface area (Å²) in [5.74, 6) is -0.391. The lowest BCUT2D eigenvalue weighted by molar-refractivity contribution is 0.0991. The molecule has 178 valence electrons. The number of fused-ring (bicyclic) bond motifs is 9. The smallest absolute Gasteiger partial charge is 0.198 e. The summed E-state index contributed by atoms with van der Waals surface area (Å²) in [6.07, 6.45) is 1.77. The fraction of sp³-hybridized carbons (Fsp3) is 0. The second-order valence-electron chi connectivity index (χ2n) is 9.60. The largest absolute Gasteiger partial charge is 0.301 e. The number of nitrogens with zero attached hydrogens (tertiary/aromatic N) is 1. The minimum atomic E-state index is -0.196. The third-order valence-electron chi connectivity index (χ3n) is 7.58. The van der Waals surface area contributed by atoms with Crippen LogP contribution in [0.2, 0.25) is 0 Å². The number of carbonyl (C=O) groups excluding carboxylic acids is 2. The number of allylic oxidation sites excluding steroid dienone is 1. The molecular weight excluding hydrogens is 486 g/mol. The quantitative estimate of drug-likeness (QED) is 0.134. The molecule has 7 aromatic rings. The molecule has 8 rings (SSSR count). The standard InChI is InChI=1S/C34H19NO2S/c36-33-27(34(37)32-26-14-4-2-10-22(26)21-9-1-3-13-25(21)31(32)33)19-20-17-18-30(38-20)35-28-15-7-5-11-23(28)24-12-6-8-16-29(24)35/h1-19H. The number of hydrogen-bond acceptors (Lipinski definition) is 3. The van der Waals surface area contributed by atoms with Crippen molar-refractivity contribution in [3.05, 3.63) is 131 Å². The first-order valence-electron chi connectivity index (χ1n) is 12.5. The number of hydrogen-bond donors (Lipinski definition) is 0. The molecule has 0 N–H and O–H groups in total. The molecule has 0 saturated heterocycles. The predicted octanol–water partition coefficient (Wildman–Crippen LogP) is 8.61. The zero-order valence-electron chi connectivity index (χ0n) is 20.1. The van der Waals surface area contributed by atoms with E-state index < -0.39 is 0 Å². The second kappa shape index (κ2) is 7.85. The molecule has 0 fully saturated rings. The van der Waals surface area contributed by atoms with E-state index in [2.05, 4.69) is 59.2 Å². The molecule has 4 heteroatoms. The monoisotopic (exact) mass is 505 g/mol. The van der Waals surface area contributed by atoms with Gasteiger partial charge in [0.1, 0.15) is 5.00 Å². The molecule has 0 aliphatic heterocycles. The van der Waals surface area contributed by atoms with Crippen LogP contribution in [0, 0.1) is 0 Å². The molecule has 0 saturated carbocycles. The molecule has 2 aromatic heterocycles. The zero-order chi connectivity index (χ0) is 25.4. The van der Waals surface area contributed by atoms with Gasteiger partial charge in [-0.2, -0.15) is 0 Å². The number of Topliss-reactive ketones (excluding diaryl/α,β-unsaturated/α-hetero) is 2. The van der Waals surface area contributed by atoms with E-state index in [0.717, 1.165) is 42.5 Å². The number of thiophene rings is 1. The minimum absolute atomic E-state index is 0.196. The molecule has 0 radical (unpaired) electrons. The van der Waals surface area contributed by atoms with Crippen molar-refractivity contribution in [2.45, 2.75) is 0 Å². The summed E-state index contributed by atoms with van der Waals surface area (Å²) in [6.45, 7) is 0. The highest BCUT2D eigenvalue weighted by Gasteiger charge is 2.36. The maximum atomic E-state index is 13.8. The van der Waals surface area contributed by atoms with Crippen molar-refractivity contribution in [1.82, 2.24) is 4.57 Å². The third-order valence-corrected chi connectivity index (χ3v) is 8.59. The van der Waals surface area contributed by atoms with Crippen LogP contribution >= 0.6 is 11.3 Å². The minimum Gasteiger partial charge on any atom is -0.301 e. The summed E-state index contributed by atoms with van der Waals surface area (Å²) < 4.78 is 2.26. The SMILES string of the molecule is O=C1C(=Cc2ccc(-n3c4ccccc4c4ccccc43)s2)C(=O)c2c1c1ccccc1c1ccccc21. The van der Waals surface area contributed by atoms with E-state index in [0.29, 0.717) is 11.1 Å². The van der Waals surface area contributed by atoms with Crippen LogP contribution in [0.1, 0.15) is 25.6 Å². The molecule has 2 heterocycles. The first-order chi connectivity index (χ1) is 18.7. The van der Waals surface area contributed by atoms with E-state index in [1.165, 1.54) is 10.8 Å². The van der Waals surface area contributed by atoms with Crippen molar-refractivity contribution < 1.29 is 9.59 Å². The molecule has 3 nitrogen and oxygen atoms in total. The first-order valence-corrected chi connectivity index (χ1v) is 13.4. The van der Waals surface area contributed by atoms with Crippen LogP contribution in [-0.2, 0) is 0 Å². The lowest BCUT2D eigenvalue weighted by atomic mass is 9.93. The lowest BCUT2D eigenvalue weighted by Gasteiger charge is -2.09. The normalized spacial score (nSPS) is 13.3. The van der Waals surface area contributed by atoms with Gasteiger partial charge >= 0.3 is 0 Å². The summed E-state index contributed by atoms with van der Waals surface area (Å²) in [4.78, 5) is 28.4. The van der Waals surface area contributed by atoms with Gasteiger partial charge < -0.3 is 4.57 Å². The Bertz CT molecular complexity index is 2050. The van der Waals surface area contributed by atoms with Gasteiger partial charge in [-0.25, -0.2) is 0 Å². The van der Waals surface area contributed by atoms with Crippen LogP contribution in [0.5, 0.6) is 0 Å². The molecular formula is C34H19NO2S. The Morgan fingerprint density at radius 3 is 1.47 bits per heavy atom. The summed E-state index contributed by atoms with van der Waals surface area (Å²) in [7, 11) is 0. The fourth-order valence-corrected chi connectivity index (χ4v) is 6.94. The van der Waals surface area contributed by atoms with Crippen molar-refractivity contribution in [1.29, 1.82) is 0 Å². The van der Waals surface area contributed by atoms with E-state index in [-0.39, 0.29) is 17.1 Å². The van der Waals surface area contributed by atoms with E-state index in [9.17, 15) is 9.59 Å². The Labute approximate surface area is 221 Å². The van der Waals surface area contributed by atoms with Crippen molar-refractivity contribution in [2.75, 3.05) is 0 Å². The maximum absolute atomic E-state index is 13.8. The Morgan fingerprint density at radius 1 is 0.500 bits per heavy atom. The van der Waals surface area contributed by atoms with Gasteiger partial charge in [0, 0.05) is 26.8 Å². The molecule has 0 amide bonds. The fourth-order valence-electron chi connectivity index (χ4n) is 5.96. The number of aromatic nitrogens is 1. The Balaban J connectivity index is 1.30. The van der Waals surface area contributed by atoms with Gasteiger partial charge in [0.05, 0.1) is 16.6 Å². The van der Waals surface area contributed by atoms with Crippen LogP contribution in [-0.4, -0.2) is 16.1 Å². The number of para-hydroxylation sites is 2. The van der Waals surface area contributed by atoms with Gasteiger partial charge in [0.2, 0.25) is 0 Å². The van der Waals surface area contributed by atoms with Gasteiger partial charge in [-0.15, -0.1) is 11.3 Å². The van der Waals surface area contributed by atoms with Crippen molar-refractivity contribution >= 4 is 72.3 Å². The van der Waals surface area contributed by atoms with Crippen molar-refractivity contribution in [2.24, 2.45) is 0 Å². The lowest BCUT2D eigenvalue weighted by Crippen LogP contribution is -2.00. The number of ketones is 2. The molecule has 0 spiro atoms. The summed E-state index contributed by atoms with van der Waals surface area (Å²) in [5.41, 5.74) is 3.54. The molecule has 0 bridgehead atoms. The molecule has 0 atom stereocenters. The Hall–Kier alpha value is -4.80. The number of carbonyl (C=O) groups is 2. The van der Waals surface area contributed by atoms with Gasteiger partial charge in [-0.1, -0.05) is 84.9 Å². The third kappa shape index (κ3) is 2.83. The zero-order valence-corrected chi connectivity index (χ0v) is 21.0. The summed E-state index contributed by atoms with van der Waals surface area (Å²) in [5, 5.41) is 7.10. The highest BCUT2D eigenvalue weighted by Crippen LogP contribution is 2.41. The van der Waals surface area contributed by atoms with Gasteiger partial charge in [0.25, 0.3) is 0 Å². The second-order valence-corrected chi connectivity index (χ2v) is 10.7. The molecule has 1 aliphatic rings. The highest BCUT2D eigenvalue weighted by molar-refractivity contribution is 7.15. The van der Waals surface area contributed by atoms with E-state index in [1.54, 1.807) is 17.4 Å². The predicted molar refractivity (Wildman–Crippen MR) is 157 cm³/mol. The molecule has 5 aromatic carbocycles. The average molecular weight is 506 g/mol. The molecule has 38 heavy (non-hydrogen) atoms.